The number of benzene rings is 2. The number of hydrogen-bond acceptors (Lipinski definition) is 9. The van der Waals surface area contributed by atoms with E-state index in [1.807, 2.05) is 27.7 Å². The first kappa shape index (κ1) is 37.2. The highest BCUT2D eigenvalue weighted by Gasteiger charge is 2.39. The fourth-order valence-electron chi connectivity index (χ4n) is 5.74. The molecule has 3 heterocycles. The number of aliphatic hydroxyl groups is 1. The fraction of sp³-hybridized carbons (Fsp3) is 0.441. The number of sulfonamides is 1. The molecule has 1 aliphatic rings. The van der Waals surface area contributed by atoms with Gasteiger partial charge in [-0.1, -0.05) is 32.0 Å². The Bertz CT molecular complexity index is 1960. The van der Waals surface area contributed by atoms with Crippen molar-refractivity contribution in [1.82, 2.24) is 19.2 Å². The molecular formula is C34H44FN5O8S. The molecule has 0 saturated carbocycles. The van der Waals surface area contributed by atoms with Gasteiger partial charge in [-0.05, 0) is 44.0 Å². The molecule has 266 valence electrons. The summed E-state index contributed by atoms with van der Waals surface area (Å²) in [4.78, 5) is 29.5. The number of carbonyl (C=O) groups is 1. The molecule has 0 saturated heterocycles. The summed E-state index contributed by atoms with van der Waals surface area (Å²) in [5.41, 5.74) is 0.804. The van der Waals surface area contributed by atoms with E-state index in [1.54, 1.807) is 40.8 Å². The maximum Gasteiger partial charge on any atom is 0.280 e. The molecule has 2 aromatic carbocycles. The molecule has 0 radical (unpaired) electrons. The van der Waals surface area contributed by atoms with Crippen LogP contribution >= 0.6 is 0 Å². The van der Waals surface area contributed by atoms with E-state index < -0.39 is 21.4 Å². The van der Waals surface area contributed by atoms with Crippen LogP contribution in [0, 0.1) is 5.82 Å². The van der Waals surface area contributed by atoms with Gasteiger partial charge in [-0.2, -0.15) is 0 Å². The van der Waals surface area contributed by atoms with E-state index in [4.69, 9.17) is 14.2 Å². The molecule has 1 N–H and O–H groups in total. The maximum atomic E-state index is 14.4. The predicted molar refractivity (Wildman–Crippen MR) is 185 cm³/mol. The zero-order valence-electron chi connectivity index (χ0n) is 28.9. The van der Waals surface area contributed by atoms with E-state index in [2.05, 4.69) is 5.10 Å². The number of halogens is 1. The van der Waals surface area contributed by atoms with E-state index in [9.17, 15) is 27.5 Å². The Labute approximate surface area is 285 Å². The lowest BCUT2D eigenvalue weighted by Crippen LogP contribution is -2.42. The van der Waals surface area contributed by atoms with Gasteiger partial charge in [0, 0.05) is 44.4 Å². The average molecular weight is 702 g/mol. The Kier molecular flexibility index (Phi) is 11.9. The van der Waals surface area contributed by atoms with Gasteiger partial charge < -0.3 is 28.8 Å². The van der Waals surface area contributed by atoms with Crippen LogP contribution < -0.4 is 24.1 Å². The van der Waals surface area contributed by atoms with E-state index in [0.717, 1.165) is 14.6 Å². The number of hydrogen-bond donors (Lipinski definition) is 1. The second-order valence-corrected chi connectivity index (χ2v) is 13.3. The van der Waals surface area contributed by atoms with Crippen LogP contribution in [0.1, 0.15) is 61.8 Å². The Morgan fingerprint density at radius 3 is 2.39 bits per heavy atom. The third kappa shape index (κ3) is 7.37. The summed E-state index contributed by atoms with van der Waals surface area (Å²) in [6.07, 6.45) is -0.0180. The number of nitrogens with zero attached hydrogens (tertiary/aromatic N) is 5. The first-order valence-electron chi connectivity index (χ1n) is 16.1. The molecule has 2 aromatic heterocycles. The minimum absolute atomic E-state index is 0.00800. The third-order valence-corrected chi connectivity index (χ3v) is 10.0. The van der Waals surface area contributed by atoms with Crippen molar-refractivity contribution in [2.24, 2.45) is 0 Å². The van der Waals surface area contributed by atoms with Crippen molar-refractivity contribution < 1.29 is 36.9 Å². The molecule has 1 unspecified atom stereocenters. The summed E-state index contributed by atoms with van der Waals surface area (Å²) in [5.74, 6) is -0.574. The molecule has 49 heavy (non-hydrogen) atoms. The van der Waals surface area contributed by atoms with Gasteiger partial charge in [0.25, 0.3) is 11.5 Å². The van der Waals surface area contributed by atoms with Crippen LogP contribution in [-0.4, -0.2) is 85.4 Å². The summed E-state index contributed by atoms with van der Waals surface area (Å²) < 4.78 is 61.8. The number of aliphatic hydroxyl groups excluding tert-OH is 1. The summed E-state index contributed by atoms with van der Waals surface area (Å²) in [5, 5.41) is 13.9. The molecule has 1 amide bonds. The second kappa shape index (κ2) is 15.7. The standard InChI is InChI=1S/C32H38FN5O8S.C2H6/c1-6-36-17-20(2)38-27-26(29(45-5)28(38)32(36)41)31(40)37(34-30(27)35(3)47(42,43)15-7-14-39)18-22-10-11-23(33)16-25(22)46-19-21-8-12-24(44-4)13-9-21;1-2/h8-13,16,20,39H,6-7,14-15,17-19H2,1-5H3;1-2H3. The van der Waals surface area contributed by atoms with Gasteiger partial charge >= 0.3 is 0 Å². The zero-order valence-corrected chi connectivity index (χ0v) is 29.7. The van der Waals surface area contributed by atoms with Crippen molar-refractivity contribution in [3.63, 3.8) is 0 Å². The largest absolute Gasteiger partial charge is 0.497 e. The van der Waals surface area contributed by atoms with Crippen LogP contribution in [0.15, 0.2) is 47.3 Å². The molecule has 1 atom stereocenters. The van der Waals surface area contributed by atoms with Crippen molar-refractivity contribution in [3.05, 3.63) is 75.5 Å². The number of methoxy groups -OCH3 is 2. The van der Waals surface area contributed by atoms with E-state index in [1.165, 1.54) is 32.4 Å². The monoisotopic (exact) mass is 701 g/mol. The maximum absolute atomic E-state index is 14.4. The molecule has 0 aliphatic carbocycles. The first-order chi connectivity index (χ1) is 23.4. The molecule has 13 nitrogen and oxygen atoms in total. The van der Waals surface area contributed by atoms with Crippen molar-refractivity contribution in [1.29, 1.82) is 0 Å². The van der Waals surface area contributed by atoms with Gasteiger partial charge in [0.15, 0.2) is 17.3 Å². The Morgan fingerprint density at radius 1 is 1.08 bits per heavy atom. The van der Waals surface area contributed by atoms with Crippen LogP contribution in [0.25, 0.3) is 10.9 Å². The number of aromatic nitrogens is 3. The predicted octanol–water partition coefficient (Wildman–Crippen LogP) is 4.19. The highest BCUT2D eigenvalue weighted by molar-refractivity contribution is 7.92. The lowest BCUT2D eigenvalue weighted by atomic mass is 10.2. The number of fused-ring (bicyclic) bond motifs is 3. The quantitative estimate of drug-likeness (QED) is 0.217. The smallest absolute Gasteiger partial charge is 0.280 e. The first-order valence-corrected chi connectivity index (χ1v) is 17.7. The van der Waals surface area contributed by atoms with Gasteiger partial charge in [0.2, 0.25) is 10.0 Å². The van der Waals surface area contributed by atoms with Crippen LogP contribution in [-0.2, 0) is 23.2 Å². The molecule has 0 bridgehead atoms. The molecular weight excluding hydrogens is 657 g/mol. The number of ether oxygens (including phenoxy) is 3. The van der Waals surface area contributed by atoms with Gasteiger partial charge in [-0.3, -0.25) is 13.9 Å². The highest BCUT2D eigenvalue weighted by Crippen LogP contribution is 2.41. The van der Waals surface area contributed by atoms with Crippen LogP contribution in [0.3, 0.4) is 0 Å². The molecule has 15 heteroatoms. The summed E-state index contributed by atoms with van der Waals surface area (Å²) in [6.45, 7) is 7.97. The van der Waals surface area contributed by atoms with Crippen molar-refractivity contribution in [2.45, 2.75) is 53.3 Å². The topological polar surface area (TPSA) is 145 Å². The zero-order chi connectivity index (χ0) is 36.0. The number of carbonyl (C=O) groups excluding carboxylic acids is 1. The lowest BCUT2D eigenvalue weighted by molar-refractivity contribution is 0.0685. The van der Waals surface area contributed by atoms with Gasteiger partial charge in [-0.25, -0.2) is 17.5 Å². The number of rotatable bonds is 13. The average Bonchev–Trinajstić information content (AvgIpc) is 3.47. The van der Waals surface area contributed by atoms with Gasteiger partial charge in [0.1, 0.15) is 34.8 Å². The van der Waals surface area contributed by atoms with E-state index in [0.29, 0.717) is 24.4 Å². The summed E-state index contributed by atoms with van der Waals surface area (Å²) in [7, 11) is 0.176. The number of amides is 1. The molecule has 4 aromatic rings. The van der Waals surface area contributed by atoms with E-state index in [-0.39, 0.29) is 77.8 Å². The second-order valence-electron chi connectivity index (χ2n) is 11.2. The van der Waals surface area contributed by atoms with Crippen molar-refractivity contribution in [3.8, 4) is 17.2 Å². The summed E-state index contributed by atoms with van der Waals surface area (Å²) >= 11 is 0. The van der Waals surface area contributed by atoms with Crippen molar-refractivity contribution >= 4 is 32.7 Å². The van der Waals surface area contributed by atoms with Crippen LogP contribution in [0.4, 0.5) is 10.2 Å². The highest BCUT2D eigenvalue weighted by atomic mass is 32.2. The molecule has 5 rings (SSSR count). The normalized spacial score (nSPS) is 14.3. The minimum Gasteiger partial charge on any atom is -0.497 e. The summed E-state index contributed by atoms with van der Waals surface area (Å²) in [6, 6.07) is 10.7. The molecule has 1 aliphatic heterocycles. The lowest BCUT2D eigenvalue weighted by Gasteiger charge is -2.33. The SMILES string of the molecule is CC.CCN1CC(C)n2c(c(OC)c3c(=O)n(Cc4ccc(F)cc4OCc4ccc(OC)cc4)nc(N(C)S(=O)(=O)CCCO)c32)C1=O. The fourth-order valence-corrected chi connectivity index (χ4v) is 6.89. The van der Waals surface area contributed by atoms with Gasteiger partial charge in [-0.15, -0.1) is 5.10 Å². The van der Waals surface area contributed by atoms with Crippen molar-refractivity contribution in [2.75, 3.05) is 51.0 Å². The third-order valence-electron chi connectivity index (χ3n) is 8.22. The Morgan fingerprint density at radius 2 is 1.78 bits per heavy atom. The number of anilines is 1. The minimum atomic E-state index is -4.04. The molecule has 0 spiro atoms. The van der Waals surface area contributed by atoms with Crippen LogP contribution in [0.2, 0.25) is 0 Å². The van der Waals surface area contributed by atoms with Gasteiger partial charge in [0.05, 0.1) is 26.5 Å². The van der Waals surface area contributed by atoms with Crippen LogP contribution in [0.5, 0.6) is 17.2 Å². The Balaban J connectivity index is 0.00000265. The Hall–Kier alpha value is -4.63. The number of likely N-dealkylation sites (N-methyl/N-ethyl adjacent to an activating group) is 1. The molecule has 0 fully saturated rings. The van der Waals surface area contributed by atoms with E-state index >= 15 is 0 Å².